The highest BCUT2D eigenvalue weighted by atomic mass is 35.5. The highest BCUT2D eigenvalue weighted by Crippen LogP contribution is 2.39. The Labute approximate surface area is 160 Å². The Morgan fingerprint density at radius 1 is 1.22 bits per heavy atom. The van der Waals surface area contributed by atoms with E-state index in [4.69, 9.17) is 26.3 Å². The third kappa shape index (κ3) is 3.34. The third-order valence-corrected chi connectivity index (χ3v) is 5.14. The molecule has 1 aliphatic carbocycles. The highest BCUT2D eigenvalue weighted by molar-refractivity contribution is 6.32. The number of halogens is 1. The van der Waals surface area contributed by atoms with E-state index in [1.54, 1.807) is 24.3 Å². The summed E-state index contributed by atoms with van der Waals surface area (Å²) in [7, 11) is 0. The lowest BCUT2D eigenvalue weighted by Gasteiger charge is -2.28. The van der Waals surface area contributed by atoms with E-state index < -0.39 is 12.2 Å². The monoisotopic (exact) mass is 382 g/mol. The minimum atomic E-state index is -0.781. The molecule has 2 atom stereocenters. The summed E-state index contributed by atoms with van der Waals surface area (Å²) in [5, 5.41) is 11.5. The van der Waals surface area contributed by atoms with Gasteiger partial charge in [0, 0.05) is 5.92 Å². The highest BCUT2D eigenvalue weighted by Gasteiger charge is 2.41. The van der Waals surface area contributed by atoms with Crippen molar-refractivity contribution < 1.29 is 19.1 Å². The molecule has 1 heterocycles. The summed E-state index contributed by atoms with van der Waals surface area (Å²) in [6.45, 7) is 0. The SMILES string of the molecule is N#Cc1ccc(Oc2ccc3c(c2)CCC[C@H]3[C@H]2OC(=O)NC2=O)c(Cl)c1. The van der Waals surface area contributed by atoms with Gasteiger partial charge in [-0.15, -0.1) is 0 Å². The molecule has 1 aliphatic heterocycles. The Hall–Kier alpha value is -3.04. The van der Waals surface area contributed by atoms with E-state index in [9.17, 15) is 9.59 Å². The van der Waals surface area contributed by atoms with Gasteiger partial charge in [0.1, 0.15) is 11.5 Å². The lowest BCUT2D eigenvalue weighted by molar-refractivity contribution is -0.124. The zero-order valence-electron chi connectivity index (χ0n) is 14.2. The van der Waals surface area contributed by atoms with Crippen LogP contribution >= 0.6 is 11.6 Å². The van der Waals surface area contributed by atoms with E-state index in [1.807, 2.05) is 18.2 Å². The Morgan fingerprint density at radius 2 is 2.07 bits per heavy atom. The molecular weight excluding hydrogens is 368 g/mol. The van der Waals surface area contributed by atoms with Crippen molar-refractivity contribution >= 4 is 23.6 Å². The number of alkyl carbamates (subject to hydrolysis) is 1. The zero-order valence-corrected chi connectivity index (χ0v) is 15.0. The van der Waals surface area contributed by atoms with Crippen LogP contribution < -0.4 is 10.1 Å². The van der Waals surface area contributed by atoms with Crippen LogP contribution in [0.2, 0.25) is 5.02 Å². The fourth-order valence-corrected chi connectivity index (χ4v) is 3.84. The number of nitriles is 1. The summed E-state index contributed by atoms with van der Waals surface area (Å²) in [5.74, 6) is 0.538. The van der Waals surface area contributed by atoms with E-state index in [0.717, 1.165) is 30.4 Å². The molecule has 2 aliphatic rings. The molecule has 0 unspecified atom stereocenters. The topological polar surface area (TPSA) is 88.4 Å². The van der Waals surface area contributed by atoms with Gasteiger partial charge in [0.25, 0.3) is 5.91 Å². The molecule has 0 spiro atoms. The zero-order chi connectivity index (χ0) is 19.0. The predicted molar refractivity (Wildman–Crippen MR) is 96.8 cm³/mol. The lowest BCUT2D eigenvalue weighted by atomic mass is 9.79. The van der Waals surface area contributed by atoms with Gasteiger partial charge in [0.2, 0.25) is 0 Å². The van der Waals surface area contributed by atoms with Crippen LogP contribution in [0.25, 0.3) is 0 Å². The van der Waals surface area contributed by atoms with Crippen molar-refractivity contribution in [1.29, 1.82) is 5.26 Å². The van der Waals surface area contributed by atoms with Gasteiger partial charge in [-0.2, -0.15) is 5.26 Å². The Balaban J connectivity index is 1.59. The summed E-state index contributed by atoms with van der Waals surface area (Å²) in [5.41, 5.74) is 2.52. The average Bonchev–Trinajstić information content (AvgIpc) is 3.00. The predicted octanol–water partition coefficient (Wildman–Crippen LogP) is 4.06. The standard InChI is InChI=1S/C20H15ClN2O4/c21-16-8-11(10-22)4-7-17(16)26-13-5-6-14-12(9-13)2-1-3-15(14)18-19(24)23-20(25)27-18/h4-9,15,18H,1-3H2,(H,23,24,25)/t15-,18-/m1/s1. The molecular formula is C20H15ClN2O4. The number of nitrogens with one attached hydrogen (secondary N) is 1. The van der Waals surface area contributed by atoms with E-state index in [0.29, 0.717) is 22.1 Å². The van der Waals surface area contributed by atoms with Gasteiger partial charge in [0.05, 0.1) is 16.7 Å². The van der Waals surface area contributed by atoms with Crippen LogP contribution in [-0.2, 0) is 16.0 Å². The van der Waals surface area contributed by atoms with Gasteiger partial charge < -0.3 is 9.47 Å². The molecule has 0 bridgehead atoms. The van der Waals surface area contributed by atoms with Crippen LogP contribution in [0.5, 0.6) is 11.5 Å². The molecule has 1 N–H and O–H groups in total. The van der Waals surface area contributed by atoms with Crippen molar-refractivity contribution in [3.05, 3.63) is 58.1 Å². The van der Waals surface area contributed by atoms with Gasteiger partial charge in [0.15, 0.2) is 6.10 Å². The number of cyclic esters (lactones) is 1. The summed E-state index contributed by atoms with van der Waals surface area (Å²) >= 11 is 6.17. The minimum Gasteiger partial charge on any atom is -0.456 e. The quantitative estimate of drug-likeness (QED) is 0.864. The number of carbonyl (C=O) groups is 2. The summed E-state index contributed by atoms with van der Waals surface area (Å²) in [6.07, 6.45) is 1.05. The Bertz CT molecular complexity index is 982. The first kappa shape index (κ1) is 17.4. The second-order valence-electron chi connectivity index (χ2n) is 6.53. The smallest absolute Gasteiger partial charge is 0.414 e. The molecule has 2 aromatic carbocycles. The molecule has 1 saturated heterocycles. The molecule has 0 saturated carbocycles. The first-order valence-corrected chi connectivity index (χ1v) is 8.95. The average molecular weight is 383 g/mol. The van der Waals surface area contributed by atoms with E-state index in [-0.39, 0.29) is 11.8 Å². The van der Waals surface area contributed by atoms with Gasteiger partial charge in [-0.25, -0.2) is 4.79 Å². The van der Waals surface area contributed by atoms with Crippen molar-refractivity contribution in [2.75, 3.05) is 0 Å². The Kier molecular flexibility index (Phi) is 4.46. The van der Waals surface area contributed by atoms with Crippen molar-refractivity contribution in [3.63, 3.8) is 0 Å². The van der Waals surface area contributed by atoms with Crippen LogP contribution in [0, 0.1) is 11.3 Å². The minimum absolute atomic E-state index is 0.159. The molecule has 1 fully saturated rings. The first-order valence-electron chi connectivity index (χ1n) is 8.57. The van der Waals surface area contributed by atoms with Gasteiger partial charge in [-0.3, -0.25) is 10.1 Å². The number of hydrogen-bond acceptors (Lipinski definition) is 5. The van der Waals surface area contributed by atoms with Crippen molar-refractivity contribution in [2.45, 2.75) is 31.3 Å². The molecule has 7 heteroatoms. The number of benzene rings is 2. The summed E-state index contributed by atoms with van der Waals surface area (Å²) in [4.78, 5) is 23.3. The Morgan fingerprint density at radius 3 is 2.78 bits per heavy atom. The normalized spacial score (nSPS) is 21.0. The van der Waals surface area contributed by atoms with E-state index in [2.05, 4.69) is 5.32 Å². The number of hydrogen-bond donors (Lipinski definition) is 1. The summed E-state index contributed by atoms with van der Waals surface area (Å²) < 4.78 is 11.0. The van der Waals surface area contributed by atoms with Crippen LogP contribution in [0.15, 0.2) is 36.4 Å². The number of fused-ring (bicyclic) bond motifs is 1. The fourth-order valence-electron chi connectivity index (χ4n) is 3.62. The van der Waals surface area contributed by atoms with Gasteiger partial charge >= 0.3 is 6.09 Å². The van der Waals surface area contributed by atoms with Crippen molar-refractivity contribution in [3.8, 4) is 17.6 Å². The van der Waals surface area contributed by atoms with Crippen LogP contribution in [-0.4, -0.2) is 18.1 Å². The lowest BCUT2D eigenvalue weighted by Crippen LogP contribution is -2.31. The molecule has 2 amide bonds. The van der Waals surface area contributed by atoms with Gasteiger partial charge in [-0.1, -0.05) is 17.7 Å². The number of carbonyl (C=O) groups excluding carboxylic acids is 2. The molecule has 2 aromatic rings. The molecule has 6 nitrogen and oxygen atoms in total. The summed E-state index contributed by atoms with van der Waals surface area (Å²) in [6, 6.07) is 12.5. The van der Waals surface area contributed by atoms with E-state index in [1.165, 1.54) is 0 Å². The first-order chi connectivity index (χ1) is 13.0. The third-order valence-electron chi connectivity index (χ3n) is 4.85. The number of ether oxygens (including phenoxy) is 2. The van der Waals surface area contributed by atoms with Crippen LogP contribution in [0.4, 0.5) is 4.79 Å². The molecule has 27 heavy (non-hydrogen) atoms. The van der Waals surface area contributed by atoms with E-state index >= 15 is 0 Å². The van der Waals surface area contributed by atoms with Crippen molar-refractivity contribution in [2.24, 2.45) is 0 Å². The fraction of sp³-hybridized carbons (Fsp3) is 0.250. The molecule has 0 aromatic heterocycles. The number of amides is 2. The maximum atomic E-state index is 12.0. The molecule has 4 rings (SSSR count). The number of rotatable bonds is 3. The number of imide groups is 1. The van der Waals surface area contributed by atoms with Gasteiger partial charge in [-0.05, 0) is 60.7 Å². The number of nitrogens with zero attached hydrogens (tertiary/aromatic N) is 1. The number of aryl methyl sites for hydroxylation is 1. The molecule has 0 radical (unpaired) electrons. The maximum absolute atomic E-state index is 12.0. The second kappa shape index (κ2) is 6.93. The van der Waals surface area contributed by atoms with Crippen LogP contribution in [0.3, 0.4) is 0 Å². The maximum Gasteiger partial charge on any atom is 0.414 e. The molecule has 136 valence electrons. The largest absolute Gasteiger partial charge is 0.456 e. The van der Waals surface area contributed by atoms with Crippen LogP contribution in [0.1, 0.15) is 35.4 Å². The van der Waals surface area contributed by atoms with Crippen molar-refractivity contribution in [1.82, 2.24) is 5.32 Å². The second-order valence-corrected chi connectivity index (χ2v) is 6.94.